The highest BCUT2D eigenvalue weighted by Crippen LogP contribution is 2.51. The molecule has 0 bridgehead atoms. The Hall–Kier alpha value is -3.08. The second kappa shape index (κ2) is 8.94. The third-order valence-corrected chi connectivity index (χ3v) is 5.66. The van der Waals surface area contributed by atoms with Gasteiger partial charge in [0.2, 0.25) is 0 Å². The van der Waals surface area contributed by atoms with E-state index in [0.717, 1.165) is 24.3 Å². The second-order valence-corrected chi connectivity index (χ2v) is 8.19. The number of aryl methyl sites for hydroxylation is 1. The van der Waals surface area contributed by atoms with Gasteiger partial charge >= 0.3 is 12.4 Å². The Morgan fingerprint density at radius 2 is 1.76 bits per heavy atom. The highest BCUT2D eigenvalue weighted by molar-refractivity contribution is 5.97. The largest absolute Gasteiger partial charge is 0.494 e. The third kappa shape index (κ3) is 5.03. The van der Waals surface area contributed by atoms with Crippen molar-refractivity contribution in [2.24, 2.45) is 0 Å². The lowest BCUT2D eigenvalue weighted by Crippen LogP contribution is -2.64. The molecule has 0 aliphatic carbocycles. The molecule has 1 aromatic carbocycles. The van der Waals surface area contributed by atoms with Crippen LogP contribution in [0.2, 0.25) is 0 Å². The normalized spacial score (nSPS) is 23.5. The van der Waals surface area contributed by atoms with Gasteiger partial charge in [0.15, 0.2) is 5.54 Å². The van der Waals surface area contributed by atoms with Gasteiger partial charge in [0, 0.05) is 24.6 Å². The summed E-state index contributed by atoms with van der Waals surface area (Å²) in [6.07, 6.45) is -10.4. The Morgan fingerprint density at radius 3 is 2.29 bits per heavy atom. The molecule has 2 N–H and O–H groups in total. The number of amides is 1. The molecule has 1 aromatic heterocycles. The molecule has 0 saturated carbocycles. The number of nitrogens with one attached hydrogen (secondary N) is 1. The maximum absolute atomic E-state index is 14.5. The van der Waals surface area contributed by atoms with Crippen LogP contribution in [0.5, 0.6) is 5.75 Å². The quantitative estimate of drug-likeness (QED) is 0.347. The van der Waals surface area contributed by atoms with Crippen LogP contribution in [0.25, 0.3) is 0 Å². The molecule has 2 heterocycles. The molecule has 11 heteroatoms. The highest BCUT2D eigenvalue weighted by atomic mass is 19.4. The molecule has 2 aromatic rings. The number of rotatable bonds is 6. The van der Waals surface area contributed by atoms with Crippen LogP contribution in [0.4, 0.5) is 26.3 Å². The lowest BCUT2D eigenvalue weighted by atomic mass is 9.70. The van der Waals surface area contributed by atoms with Gasteiger partial charge < -0.3 is 15.2 Å². The SMILES string of the molecule is C=C1C(=O)N[C@@](c2ccc(OCCCC(F)(F)F)cc2)(C(F)(F)F)CC1(O)c1ccc(C)cn1. The van der Waals surface area contributed by atoms with E-state index in [1.165, 1.54) is 12.3 Å². The van der Waals surface area contributed by atoms with Crippen LogP contribution >= 0.6 is 0 Å². The summed E-state index contributed by atoms with van der Waals surface area (Å²) in [6.45, 7) is 4.92. The summed E-state index contributed by atoms with van der Waals surface area (Å²) in [5.74, 6) is -1.13. The lowest BCUT2D eigenvalue weighted by Gasteiger charge is -2.47. The number of benzene rings is 1. The molecular weight excluding hydrogens is 466 g/mol. The van der Waals surface area contributed by atoms with Gasteiger partial charge in [-0.3, -0.25) is 9.78 Å². The van der Waals surface area contributed by atoms with Crippen molar-refractivity contribution in [1.82, 2.24) is 10.3 Å². The van der Waals surface area contributed by atoms with Crippen LogP contribution in [0, 0.1) is 6.92 Å². The van der Waals surface area contributed by atoms with Crippen LogP contribution in [0.3, 0.4) is 0 Å². The summed E-state index contributed by atoms with van der Waals surface area (Å²) in [7, 11) is 0. The predicted molar refractivity (Wildman–Crippen MR) is 110 cm³/mol. The molecule has 184 valence electrons. The third-order valence-electron chi connectivity index (χ3n) is 5.66. The van der Waals surface area contributed by atoms with Crippen molar-refractivity contribution in [3.05, 3.63) is 71.6 Å². The average molecular weight is 488 g/mol. The van der Waals surface area contributed by atoms with Gasteiger partial charge in [0.25, 0.3) is 5.91 Å². The molecule has 2 atom stereocenters. The number of aliphatic hydroxyl groups is 1. The number of halogens is 6. The van der Waals surface area contributed by atoms with E-state index in [-0.39, 0.29) is 24.5 Å². The van der Waals surface area contributed by atoms with Gasteiger partial charge in [-0.25, -0.2) is 0 Å². The number of carbonyl (C=O) groups is 1. The monoisotopic (exact) mass is 488 g/mol. The molecule has 5 nitrogen and oxygen atoms in total. The smallest absolute Gasteiger partial charge is 0.415 e. The molecule has 34 heavy (non-hydrogen) atoms. The fourth-order valence-corrected chi connectivity index (χ4v) is 3.76. The van der Waals surface area contributed by atoms with E-state index in [1.54, 1.807) is 13.0 Å². The van der Waals surface area contributed by atoms with Crippen molar-refractivity contribution in [3.63, 3.8) is 0 Å². The minimum absolute atomic E-state index is 0.0604. The Balaban J connectivity index is 1.93. The number of hydrogen-bond acceptors (Lipinski definition) is 4. The first-order chi connectivity index (χ1) is 15.7. The van der Waals surface area contributed by atoms with Crippen molar-refractivity contribution in [3.8, 4) is 5.75 Å². The number of ether oxygens (including phenoxy) is 1. The molecular formula is C23H22F6N2O3. The minimum Gasteiger partial charge on any atom is -0.494 e. The molecule has 3 rings (SSSR count). The molecule has 1 saturated heterocycles. The molecule has 1 amide bonds. The van der Waals surface area contributed by atoms with Gasteiger partial charge in [-0.15, -0.1) is 0 Å². The summed E-state index contributed by atoms with van der Waals surface area (Å²) in [4.78, 5) is 16.6. The van der Waals surface area contributed by atoms with Gasteiger partial charge in [-0.2, -0.15) is 26.3 Å². The molecule has 1 aliphatic heterocycles. The predicted octanol–water partition coefficient (Wildman–Crippen LogP) is 4.83. The first kappa shape index (κ1) is 25.5. The van der Waals surface area contributed by atoms with Gasteiger partial charge in [0.05, 0.1) is 12.3 Å². The topological polar surface area (TPSA) is 71.5 Å². The van der Waals surface area contributed by atoms with E-state index in [0.29, 0.717) is 5.56 Å². The summed E-state index contributed by atoms with van der Waals surface area (Å²) in [5, 5.41) is 13.2. The fraction of sp³-hybridized carbons (Fsp3) is 0.391. The molecule has 0 spiro atoms. The maximum atomic E-state index is 14.5. The first-order valence-corrected chi connectivity index (χ1v) is 10.2. The molecule has 1 fully saturated rings. The number of nitrogens with zero attached hydrogens (tertiary/aromatic N) is 1. The van der Waals surface area contributed by atoms with Crippen molar-refractivity contribution in [2.75, 3.05) is 6.61 Å². The lowest BCUT2D eigenvalue weighted by molar-refractivity contribution is -0.221. The second-order valence-electron chi connectivity index (χ2n) is 8.19. The summed E-state index contributed by atoms with van der Waals surface area (Å²) in [5.41, 5.74) is -5.72. The number of carbonyl (C=O) groups excluding carboxylic acids is 1. The van der Waals surface area contributed by atoms with Crippen molar-refractivity contribution in [1.29, 1.82) is 0 Å². The summed E-state index contributed by atoms with van der Waals surface area (Å²) >= 11 is 0. The van der Waals surface area contributed by atoms with E-state index >= 15 is 0 Å². The zero-order chi connectivity index (χ0) is 25.4. The number of aromatic nitrogens is 1. The average Bonchev–Trinajstić information content (AvgIpc) is 2.74. The van der Waals surface area contributed by atoms with Gasteiger partial charge in [0.1, 0.15) is 11.4 Å². The van der Waals surface area contributed by atoms with Crippen LogP contribution < -0.4 is 10.1 Å². The number of alkyl halides is 6. The van der Waals surface area contributed by atoms with Crippen molar-refractivity contribution >= 4 is 5.91 Å². The first-order valence-electron chi connectivity index (χ1n) is 10.2. The fourth-order valence-electron chi connectivity index (χ4n) is 3.76. The van der Waals surface area contributed by atoms with Crippen LogP contribution in [0.15, 0.2) is 54.7 Å². The molecule has 1 aliphatic rings. The van der Waals surface area contributed by atoms with Crippen molar-refractivity contribution < 1.29 is 41.0 Å². The van der Waals surface area contributed by atoms with Gasteiger partial charge in [-0.1, -0.05) is 24.8 Å². The summed E-state index contributed by atoms with van der Waals surface area (Å²) in [6, 6.07) is 7.29. The Bertz CT molecular complexity index is 1050. The number of piperidine rings is 1. The van der Waals surface area contributed by atoms with Crippen LogP contribution in [0.1, 0.15) is 36.1 Å². The van der Waals surface area contributed by atoms with E-state index < -0.39 is 53.4 Å². The number of pyridine rings is 1. The molecule has 0 radical (unpaired) electrons. The zero-order valence-corrected chi connectivity index (χ0v) is 18.1. The van der Waals surface area contributed by atoms with E-state index in [2.05, 4.69) is 11.6 Å². The number of hydrogen-bond donors (Lipinski definition) is 2. The van der Waals surface area contributed by atoms with E-state index in [9.17, 15) is 36.2 Å². The summed E-state index contributed by atoms with van der Waals surface area (Å²) < 4.78 is 85.2. The van der Waals surface area contributed by atoms with Crippen LogP contribution in [-0.2, 0) is 15.9 Å². The minimum atomic E-state index is -5.03. The maximum Gasteiger partial charge on any atom is 0.415 e. The van der Waals surface area contributed by atoms with Crippen molar-refractivity contribution in [2.45, 2.75) is 49.7 Å². The highest BCUT2D eigenvalue weighted by Gasteiger charge is 2.64. The van der Waals surface area contributed by atoms with E-state index in [1.807, 2.05) is 5.32 Å². The Kier molecular flexibility index (Phi) is 6.71. The van der Waals surface area contributed by atoms with E-state index in [4.69, 9.17) is 4.74 Å². The zero-order valence-electron chi connectivity index (χ0n) is 18.1. The molecule has 1 unspecified atom stereocenters. The van der Waals surface area contributed by atoms with Crippen LogP contribution in [-0.4, -0.2) is 35.0 Å². The van der Waals surface area contributed by atoms with Gasteiger partial charge in [-0.05, 0) is 42.7 Å². The Labute approximate surface area is 191 Å². The Morgan fingerprint density at radius 1 is 1.12 bits per heavy atom. The standard InChI is InChI=1S/C23H22F6N2O3/c1-14-4-9-18(30-12-14)20(33)13-21(23(27,28)29,31-19(32)15(20)2)16-5-7-17(8-6-16)34-11-3-10-22(24,25)26/h4-9,12,33H,2-3,10-11,13H2,1H3,(H,31,32)/t20?,21-/m0/s1.